The molecule has 1 amide bonds. The van der Waals surface area contributed by atoms with Crippen LogP contribution in [0.4, 0.5) is 16.6 Å². The molecule has 2 saturated carbocycles. The van der Waals surface area contributed by atoms with Gasteiger partial charge in [0.05, 0.1) is 11.6 Å². The zero-order valence-corrected chi connectivity index (χ0v) is 19.3. The van der Waals surface area contributed by atoms with Crippen molar-refractivity contribution in [3.8, 4) is 0 Å². The molecule has 3 heterocycles. The van der Waals surface area contributed by atoms with Crippen LogP contribution in [0.15, 0.2) is 36.5 Å². The lowest BCUT2D eigenvalue weighted by Gasteiger charge is -2.31. The Hall–Kier alpha value is -2.71. The lowest BCUT2D eigenvalue weighted by Crippen LogP contribution is -2.47. The van der Waals surface area contributed by atoms with Crippen molar-refractivity contribution in [1.82, 2.24) is 14.9 Å². The molecular formula is C25H32N6O2. The quantitative estimate of drug-likeness (QED) is 0.672. The minimum absolute atomic E-state index is 0.0343. The van der Waals surface area contributed by atoms with Gasteiger partial charge in [0.25, 0.3) is 0 Å². The van der Waals surface area contributed by atoms with Crippen LogP contribution in [0, 0.1) is 17.8 Å². The molecule has 1 aromatic heterocycles. The molecule has 1 aromatic carbocycles. The van der Waals surface area contributed by atoms with Gasteiger partial charge < -0.3 is 15.8 Å². The van der Waals surface area contributed by atoms with Crippen molar-refractivity contribution in [3.63, 3.8) is 0 Å². The van der Waals surface area contributed by atoms with Crippen LogP contribution in [0.2, 0.25) is 0 Å². The first-order valence-electron chi connectivity index (χ1n) is 12.1. The number of fused-ring (bicyclic) bond motifs is 1. The fourth-order valence-corrected chi connectivity index (χ4v) is 5.69. The third-order valence-corrected chi connectivity index (χ3v) is 8.08. The van der Waals surface area contributed by atoms with Crippen molar-refractivity contribution in [2.24, 2.45) is 23.5 Å². The van der Waals surface area contributed by atoms with Gasteiger partial charge in [-0.2, -0.15) is 4.98 Å². The molecule has 4 aliphatic rings. The van der Waals surface area contributed by atoms with Gasteiger partial charge >= 0.3 is 6.09 Å². The van der Waals surface area contributed by atoms with E-state index < -0.39 is 0 Å². The van der Waals surface area contributed by atoms with Crippen LogP contribution in [0.3, 0.4) is 0 Å². The van der Waals surface area contributed by atoms with Gasteiger partial charge in [-0.1, -0.05) is 24.3 Å². The molecule has 174 valence electrons. The van der Waals surface area contributed by atoms with Crippen LogP contribution < -0.4 is 16.0 Å². The number of rotatable bonds is 7. The minimum atomic E-state index is -0.328. The largest absolute Gasteiger partial charge is 0.447 e. The Morgan fingerprint density at radius 1 is 1.21 bits per heavy atom. The number of cyclic esters (lactones) is 1. The van der Waals surface area contributed by atoms with Crippen LogP contribution in [-0.4, -0.2) is 52.2 Å². The van der Waals surface area contributed by atoms with Gasteiger partial charge in [-0.25, -0.2) is 9.78 Å². The second kappa shape index (κ2) is 7.67. The van der Waals surface area contributed by atoms with Crippen molar-refractivity contribution in [1.29, 1.82) is 0 Å². The summed E-state index contributed by atoms with van der Waals surface area (Å²) in [4.78, 5) is 25.8. The van der Waals surface area contributed by atoms with E-state index >= 15 is 0 Å². The molecule has 2 aromatic rings. The number of aromatic nitrogens is 2. The normalized spacial score (nSPS) is 31.9. The predicted octanol–water partition coefficient (Wildman–Crippen LogP) is 3.16. The Balaban J connectivity index is 1.11. The van der Waals surface area contributed by atoms with Gasteiger partial charge in [0.2, 0.25) is 5.95 Å². The summed E-state index contributed by atoms with van der Waals surface area (Å²) in [6, 6.07) is 11.0. The molecule has 8 heteroatoms. The molecule has 0 radical (unpaired) electrons. The van der Waals surface area contributed by atoms with Gasteiger partial charge in [-0.05, 0) is 61.6 Å². The first kappa shape index (κ1) is 20.9. The fourth-order valence-electron chi connectivity index (χ4n) is 5.69. The highest BCUT2D eigenvalue weighted by Crippen LogP contribution is 2.47. The molecule has 2 aliphatic heterocycles. The zero-order chi connectivity index (χ0) is 22.7. The molecule has 33 heavy (non-hydrogen) atoms. The summed E-state index contributed by atoms with van der Waals surface area (Å²) < 4.78 is 5.40. The molecule has 4 fully saturated rings. The highest BCUT2D eigenvalue weighted by Gasteiger charge is 2.54. The van der Waals surface area contributed by atoms with E-state index in [4.69, 9.17) is 10.5 Å². The molecule has 8 nitrogen and oxygen atoms in total. The lowest BCUT2D eigenvalue weighted by atomic mass is 9.96. The number of nitrogens with zero attached hydrogens (tertiary/aromatic N) is 4. The number of ether oxygens (including phenoxy) is 1. The Morgan fingerprint density at radius 3 is 2.64 bits per heavy atom. The Kier molecular flexibility index (Phi) is 4.85. The Morgan fingerprint density at radius 2 is 1.94 bits per heavy atom. The van der Waals surface area contributed by atoms with Gasteiger partial charge in [-0.15, -0.1) is 0 Å². The standard InChI is InChI=1S/C25H32N6O2/c1-15(17-5-3-16(4-6-17)11-30-12-19-20(13-30)22(19)26)28-23-27-10-9-21(29-23)31-24(32)33-14-25(31,2)18-7-8-18/h3-6,9-10,15,18-20,22H,7-8,11-14,26H2,1-2H3,(H,27,28,29)/t15-,19?,20?,22?,25+/m0/s1. The molecule has 0 spiro atoms. The number of anilines is 2. The van der Waals surface area contributed by atoms with E-state index in [2.05, 4.69) is 58.3 Å². The zero-order valence-electron chi connectivity index (χ0n) is 19.3. The van der Waals surface area contributed by atoms with Crippen molar-refractivity contribution >= 4 is 17.9 Å². The topological polar surface area (TPSA) is 96.6 Å². The summed E-state index contributed by atoms with van der Waals surface area (Å²) >= 11 is 0. The SMILES string of the molecule is C[C@H](Nc1nccc(N2C(=O)OC[C@]2(C)C2CC2)n1)c1ccc(CN2CC3C(N)C3C2)cc1. The summed E-state index contributed by atoms with van der Waals surface area (Å²) in [6.07, 6.45) is 3.62. The first-order valence-corrected chi connectivity index (χ1v) is 12.1. The number of benzene rings is 1. The summed E-state index contributed by atoms with van der Waals surface area (Å²) in [7, 11) is 0. The maximum absolute atomic E-state index is 12.5. The summed E-state index contributed by atoms with van der Waals surface area (Å²) in [5.41, 5.74) is 8.22. The number of amides is 1. The smallest absolute Gasteiger partial charge is 0.416 e. The van der Waals surface area contributed by atoms with Crippen LogP contribution in [0.1, 0.15) is 43.9 Å². The molecule has 4 atom stereocenters. The predicted molar refractivity (Wildman–Crippen MR) is 126 cm³/mol. The molecule has 2 aliphatic carbocycles. The summed E-state index contributed by atoms with van der Waals surface area (Å²) in [5, 5.41) is 3.39. The highest BCUT2D eigenvalue weighted by molar-refractivity contribution is 5.90. The second-order valence-electron chi connectivity index (χ2n) is 10.5. The minimum Gasteiger partial charge on any atom is -0.447 e. The second-order valence-corrected chi connectivity index (χ2v) is 10.5. The number of likely N-dealkylation sites (tertiary alicyclic amines) is 1. The third kappa shape index (κ3) is 3.75. The van der Waals surface area contributed by atoms with Gasteiger partial charge in [0.1, 0.15) is 12.4 Å². The molecule has 2 saturated heterocycles. The summed E-state index contributed by atoms with van der Waals surface area (Å²) in [5.74, 6) is 3.00. The number of hydrogen-bond donors (Lipinski definition) is 2. The number of nitrogens with two attached hydrogens (primary N) is 1. The average molecular weight is 449 g/mol. The number of carbonyl (C=O) groups is 1. The Labute approximate surface area is 194 Å². The molecular weight excluding hydrogens is 416 g/mol. The lowest BCUT2D eigenvalue weighted by molar-refractivity contribution is 0.172. The monoisotopic (exact) mass is 448 g/mol. The molecule has 2 unspecified atom stereocenters. The van der Waals surface area contributed by atoms with E-state index in [1.165, 1.54) is 11.1 Å². The van der Waals surface area contributed by atoms with Crippen molar-refractivity contribution in [3.05, 3.63) is 47.7 Å². The number of piperidine rings is 1. The van der Waals surface area contributed by atoms with Crippen molar-refractivity contribution in [2.75, 3.05) is 29.9 Å². The van der Waals surface area contributed by atoms with E-state index in [1.807, 2.05) is 0 Å². The molecule has 0 bridgehead atoms. The maximum atomic E-state index is 12.5. The van der Waals surface area contributed by atoms with E-state index in [9.17, 15) is 4.79 Å². The summed E-state index contributed by atoms with van der Waals surface area (Å²) in [6.45, 7) is 7.84. The molecule has 6 rings (SSSR count). The van der Waals surface area contributed by atoms with E-state index in [1.54, 1.807) is 17.2 Å². The van der Waals surface area contributed by atoms with Crippen LogP contribution in [-0.2, 0) is 11.3 Å². The number of nitrogens with one attached hydrogen (secondary N) is 1. The van der Waals surface area contributed by atoms with E-state index in [-0.39, 0.29) is 17.7 Å². The maximum Gasteiger partial charge on any atom is 0.416 e. The first-order chi connectivity index (χ1) is 15.9. The van der Waals surface area contributed by atoms with Crippen molar-refractivity contribution < 1.29 is 9.53 Å². The van der Waals surface area contributed by atoms with E-state index in [0.717, 1.165) is 32.5 Å². The molecule has 3 N–H and O–H groups in total. The third-order valence-electron chi connectivity index (χ3n) is 8.08. The number of hydrogen-bond acceptors (Lipinski definition) is 7. The fraction of sp³-hybridized carbons (Fsp3) is 0.560. The Bertz CT molecular complexity index is 1050. The van der Waals surface area contributed by atoms with Crippen molar-refractivity contribution in [2.45, 2.75) is 50.9 Å². The van der Waals surface area contributed by atoms with E-state index in [0.29, 0.717) is 42.2 Å². The van der Waals surface area contributed by atoms with Crippen LogP contribution >= 0.6 is 0 Å². The average Bonchev–Trinajstić information content (AvgIpc) is 3.68. The van der Waals surface area contributed by atoms with Gasteiger partial charge in [0, 0.05) is 31.9 Å². The number of carbonyl (C=O) groups excluding carboxylic acids is 1. The highest BCUT2D eigenvalue weighted by atomic mass is 16.6. The van der Waals surface area contributed by atoms with Crippen LogP contribution in [0.5, 0.6) is 0 Å². The van der Waals surface area contributed by atoms with Gasteiger partial charge in [0.15, 0.2) is 0 Å². The van der Waals surface area contributed by atoms with Crippen LogP contribution in [0.25, 0.3) is 0 Å². The van der Waals surface area contributed by atoms with Gasteiger partial charge in [-0.3, -0.25) is 9.80 Å².